The number of hydrogen-bond donors (Lipinski definition) is 1. The minimum atomic E-state index is -0.452. The average Bonchev–Trinajstić information content (AvgIpc) is 3.05. The molecule has 1 fully saturated rings. The van der Waals surface area contributed by atoms with Crippen LogP contribution in [0.5, 0.6) is 0 Å². The average molecular weight is 437 g/mol. The van der Waals surface area contributed by atoms with Crippen molar-refractivity contribution in [2.75, 3.05) is 18.0 Å². The molecule has 3 aromatic rings. The van der Waals surface area contributed by atoms with E-state index in [1.165, 1.54) is 0 Å². The zero-order chi connectivity index (χ0) is 21.5. The molecule has 2 aliphatic heterocycles. The van der Waals surface area contributed by atoms with Gasteiger partial charge < -0.3 is 10.0 Å². The molecule has 2 aliphatic rings. The van der Waals surface area contributed by atoms with E-state index in [1.807, 2.05) is 30.3 Å². The summed E-state index contributed by atoms with van der Waals surface area (Å²) in [6, 6.07) is 14.1. The second-order valence-corrected chi connectivity index (χ2v) is 8.33. The molecule has 7 nitrogen and oxygen atoms in total. The Balaban J connectivity index is 1.51. The van der Waals surface area contributed by atoms with Crippen molar-refractivity contribution in [3.8, 4) is 0 Å². The number of nitrogens with zero attached hydrogens (tertiary/aromatic N) is 4. The molecule has 5 rings (SSSR count). The zero-order valence-corrected chi connectivity index (χ0v) is 17.5. The van der Waals surface area contributed by atoms with E-state index in [9.17, 15) is 14.7 Å². The molecule has 2 aromatic heterocycles. The molecule has 1 aromatic carbocycles. The van der Waals surface area contributed by atoms with Crippen LogP contribution in [0.2, 0.25) is 5.15 Å². The Bertz CT molecular complexity index is 1180. The summed E-state index contributed by atoms with van der Waals surface area (Å²) < 4.78 is 0. The number of hydrogen-bond acceptors (Lipinski definition) is 5. The lowest BCUT2D eigenvalue weighted by Crippen LogP contribution is -2.41. The SMILES string of the molecule is O=C(CC1c2ccccc2C(=O)N1c1ccc2ccc(Cl)nc2n1)N1CCC(O)CC1. The summed E-state index contributed by atoms with van der Waals surface area (Å²) in [6.45, 7) is 1.05. The van der Waals surface area contributed by atoms with Gasteiger partial charge in [-0.2, -0.15) is 0 Å². The number of carbonyl (C=O) groups is 2. The third-order valence-corrected chi connectivity index (χ3v) is 6.23. The van der Waals surface area contributed by atoms with Gasteiger partial charge in [0.05, 0.1) is 18.6 Å². The number of aliphatic hydroxyl groups is 1. The van der Waals surface area contributed by atoms with Crippen LogP contribution in [-0.4, -0.2) is 51.0 Å². The topological polar surface area (TPSA) is 86.6 Å². The standard InChI is InChI=1S/C23H21ClN4O3/c24-19-7-5-14-6-8-20(26-22(14)25-19)28-18(16-3-1-2-4-17(16)23(28)31)13-21(30)27-11-9-15(29)10-12-27/h1-8,15,18,29H,9-13H2. The first-order valence-electron chi connectivity index (χ1n) is 10.3. The van der Waals surface area contributed by atoms with E-state index >= 15 is 0 Å². The Hall–Kier alpha value is -3.03. The van der Waals surface area contributed by atoms with Crippen LogP contribution < -0.4 is 4.90 Å². The molecule has 0 saturated carbocycles. The first kappa shape index (κ1) is 19.9. The fourth-order valence-corrected chi connectivity index (χ4v) is 4.51. The molecule has 1 saturated heterocycles. The number of piperidine rings is 1. The van der Waals surface area contributed by atoms with Crippen LogP contribution in [-0.2, 0) is 4.79 Å². The normalized spacial score (nSPS) is 19.2. The third kappa shape index (κ3) is 3.64. The number of pyridine rings is 2. The van der Waals surface area contributed by atoms with E-state index in [0.29, 0.717) is 48.1 Å². The first-order chi connectivity index (χ1) is 15.0. The molecular formula is C23H21ClN4O3. The summed E-state index contributed by atoms with van der Waals surface area (Å²) in [5.41, 5.74) is 1.85. The smallest absolute Gasteiger partial charge is 0.260 e. The molecular weight excluding hydrogens is 416 g/mol. The van der Waals surface area contributed by atoms with Gasteiger partial charge in [-0.25, -0.2) is 9.97 Å². The molecule has 1 atom stereocenters. The Morgan fingerprint density at radius 3 is 2.61 bits per heavy atom. The van der Waals surface area contributed by atoms with E-state index in [1.54, 1.807) is 28.0 Å². The van der Waals surface area contributed by atoms with Crippen LogP contribution in [0.3, 0.4) is 0 Å². The lowest BCUT2D eigenvalue weighted by molar-refractivity contribution is -0.133. The number of anilines is 1. The van der Waals surface area contributed by atoms with Crippen LogP contribution in [0.1, 0.15) is 41.2 Å². The van der Waals surface area contributed by atoms with Gasteiger partial charge in [0, 0.05) is 24.0 Å². The van der Waals surface area contributed by atoms with Crippen molar-refractivity contribution in [3.63, 3.8) is 0 Å². The molecule has 0 spiro atoms. The molecule has 2 amide bonds. The number of aromatic nitrogens is 2. The summed E-state index contributed by atoms with van der Waals surface area (Å²) >= 11 is 6.03. The van der Waals surface area contributed by atoms with Crippen LogP contribution >= 0.6 is 11.6 Å². The molecule has 0 bridgehead atoms. The maximum absolute atomic E-state index is 13.3. The monoisotopic (exact) mass is 436 g/mol. The largest absolute Gasteiger partial charge is 0.393 e. The molecule has 1 unspecified atom stereocenters. The quantitative estimate of drug-likeness (QED) is 0.636. The molecule has 8 heteroatoms. The van der Waals surface area contributed by atoms with Gasteiger partial charge in [0.1, 0.15) is 11.0 Å². The van der Waals surface area contributed by atoms with Gasteiger partial charge >= 0.3 is 0 Å². The van der Waals surface area contributed by atoms with Gasteiger partial charge in [0.25, 0.3) is 5.91 Å². The number of likely N-dealkylation sites (tertiary alicyclic amines) is 1. The van der Waals surface area contributed by atoms with Gasteiger partial charge in [-0.3, -0.25) is 14.5 Å². The summed E-state index contributed by atoms with van der Waals surface area (Å²) in [5.74, 6) is 0.222. The van der Waals surface area contributed by atoms with Crippen molar-refractivity contribution in [2.24, 2.45) is 0 Å². The Morgan fingerprint density at radius 1 is 1.06 bits per heavy atom. The number of carbonyl (C=O) groups excluding carboxylic acids is 2. The number of fused-ring (bicyclic) bond motifs is 2. The summed E-state index contributed by atoms with van der Waals surface area (Å²) in [5, 5.41) is 10.9. The van der Waals surface area contributed by atoms with Crippen LogP contribution in [0, 0.1) is 0 Å². The van der Waals surface area contributed by atoms with E-state index in [-0.39, 0.29) is 24.3 Å². The first-order valence-corrected chi connectivity index (χ1v) is 10.7. The molecule has 4 heterocycles. The second-order valence-electron chi connectivity index (χ2n) is 7.94. The summed E-state index contributed by atoms with van der Waals surface area (Å²) in [6.07, 6.45) is 0.958. The number of rotatable bonds is 3. The van der Waals surface area contributed by atoms with Gasteiger partial charge in [-0.15, -0.1) is 0 Å². The van der Waals surface area contributed by atoms with Gasteiger partial charge in [-0.1, -0.05) is 29.8 Å². The van der Waals surface area contributed by atoms with E-state index in [0.717, 1.165) is 10.9 Å². The highest BCUT2D eigenvalue weighted by Crippen LogP contribution is 2.39. The highest BCUT2D eigenvalue weighted by atomic mass is 35.5. The number of amides is 2. The maximum Gasteiger partial charge on any atom is 0.260 e. The molecule has 1 N–H and O–H groups in total. The van der Waals surface area contributed by atoms with Gasteiger partial charge in [-0.05, 0) is 48.7 Å². The van der Waals surface area contributed by atoms with Crippen LogP contribution in [0.25, 0.3) is 11.0 Å². The maximum atomic E-state index is 13.3. The van der Waals surface area contributed by atoms with E-state index in [2.05, 4.69) is 9.97 Å². The summed E-state index contributed by atoms with van der Waals surface area (Å²) in [7, 11) is 0. The van der Waals surface area contributed by atoms with Gasteiger partial charge in [0.2, 0.25) is 5.91 Å². The Labute approximate surface area is 184 Å². The fourth-order valence-electron chi connectivity index (χ4n) is 4.37. The fraction of sp³-hybridized carbons (Fsp3) is 0.304. The highest BCUT2D eigenvalue weighted by molar-refractivity contribution is 6.29. The van der Waals surface area contributed by atoms with E-state index < -0.39 is 6.04 Å². The molecule has 31 heavy (non-hydrogen) atoms. The van der Waals surface area contributed by atoms with Crippen molar-refractivity contribution in [2.45, 2.75) is 31.4 Å². The van der Waals surface area contributed by atoms with Gasteiger partial charge in [0.15, 0.2) is 5.65 Å². The molecule has 0 radical (unpaired) electrons. The van der Waals surface area contributed by atoms with Crippen molar-refractivity contribution >= 4 is 40.3 Å². The molecule has 158 valence electrons. The highest BCUT2D eigenvalue weighted by Gasteiger charge is 2.40. The van der Waals surface area contributed by atoms with E-state index in [4.69, 9.17) is 11.6 Å². The zero-order valence-electron chi connectivity index (χ0n) is 16.7. The minimum Gasteiger partial charge on any atom is -0.393 e. The van der Waals surface area contributed by atoms with Crippen molar-refractivity contribution < 1.29 is 14.7 Å². The Kier molecular flexibility index (Phi) is 5.08. The minimum absolute atomic E-state index is 0.0339. The number of halogens is 1. The summed E-state index contributed by atoms with van der Waals surface area (Å²) in [4.78, 5) is 38.6. The van der Waals surface area contributed by atoms with Crippen molar-refractivity contribution in [3.05, 3.63) is 64.8 Å². The van der Waals surface area contributed by atoms with Crippen LogP contribution in [0.4, 0.5) is 5.82 Å². The second kappa shape index (κ2) is 7.90. The Morgan fingerprint density at radius 2 is 1.81 bits per heavy atom. The van der Waals surface area contributed by atoms with Crippen LogP contribution in [0.15, 0.2) is 48.5 Å². The predicted molar refractivity (Wildman–Crippen MR) is 117 cm³/mol. The number of benzene rings is 1. The van der Waals surface area contributed by atoms with Crippen molar-refractivity contribution in [1.29, 1.82) is 0 Å². The lowest BCUT2D eigenvalue weighted by atomic mass is 10.0. The third-order valence-electron chi connectivity index (χ3n) is 6.02. The van der Waals surface area contributed by atoms with Crippen molar-refractivity contribution in [1.82, 2.24) is 14.9 Å². The molecule has 0 aliphatic carbocycles. The predicted octanol–water partition coefficient (Wildman–Crippen LogP) is 3.36. The number of aliphatic hydroxyl groups excluding tert-OH is 1. The lowest BCUT2D eigenvalue weighted by Gasteiger charge is -2.32.